The smallest absolute Gasteiger partial charge is 0.223 e. The van der Waals surface area contributed by atoms with Gasteiger partial charge in [0.1, 0.15) is 0 Å². The molecule has 0 bridgehead atoms. The molecule has 0 aliphatic heterocycles. The summed E-state index contributed by atoms with van der Waals surface area (Å²) in [5, 5.41) is 0. The van der Waals surface area contributed by atoms with Gasteiger partial charge in [-0.3, -0.25) is 4.79 Å². The normalized spacial score (nSPS) is 11.5. The van der Waals surface area contributed by atoms with Crippen LogP contribution < -0.4 is 0 Å². The molecule has 0 saturated heterocycles. The number of carbonyl (C=O) groups excluding carboxylic acids is 1. The molecule has 0 aromatic carbocycles. The van der Waals surface area contributed by atoms with Gasteiger partial charge in [-0.2, -0.15) is 4.39 Å². The first-order chi connectivity index (χ1) is 5.50. The lowest BCUT2D eigenvalue weighted by atomic mass is 10.0. The van der Waals surface area contributed by atoms with Crippen LogP contribution >= 0.6 is 0 Å². The molecule has 0 rings (SSSR count). The zero-order chi connectivity index (χ0) is 9.72. The van der Waals surface area contributed by atoms with Crippen molar-refractivity contribution in [2.24, 2.45) is 10.9 Å². The number of halogens is 1. The molecular weight excluding hydrogens is 157 g/mol. The number of hydrogen-bond donors (Lipinski definition) is 0. The Morgan fingerprint density at radius 2 is 2.08 bits per heavy atom. The molecule has 0 N–H and O–H groups in total. The third kappa shape index (κ3) is 2.78. The third-order valence-electron chi connectivity index (χ3n) is 1.28. The second-order valence-electron chi connectivity index (χ2n) is 2.60. The first-order valence-electron chi connectivity index (χ1n) is 3.58. The van der Waals surface area contributed by atoms with E-state index in [4.69, 9.17) is 0 Å². The van der Waals surface area contributed by atoms with E-state index in [2.05, 4.69) is 18.2 Å². The summed E-state index contributed by atoms with van der Waals surface area (Å²) in [4.78, 5) is 14.3. The number of aliphatic imine (C=N–C) groups is 1. The number of Topliss-reactive ketones (excluding diaryl/α,β-unsaturated/α-hetero) is 1. The molecule has 0 unspecified atom stereocenters. The largest absolute Gasteiger partial charge is 0.294 e. The lowest BCUT2D eigenvalue weighted by Crippen LogP contribution is -2.13. The fraction of sp³-hybridized carbons (Fsp3) is 0.333. The Labute approximate surface area is 71.5 Å². The summed E-state index contributed by atoms with van der Waals surface area (Å²) in [7, 11) is 0. The molecule has 0 heterocycles. The molecule has 0 fully saturated rings. The second-order valence-corrected chi connectivity index (χ2v) is 2.60. The first kappa shape index (κ1) is 10.8. The van der Waals surface area contributed by atoms with Crippen LogP contribution in [0.5, 0.6) is 0 Å². The van der Waals surface area contributed by atoms with Crippen molar-refractivity contribution >= 4 is 11.7 Å². The Kier molecular flexibility index (Phi) is 4.11. The lowest BCUT2D eigenvalue weighted by Gasteiger charge is -2.03. The van der Waals surface area contributed by atoms with Gasteiger partial charge in [0, 0.05) is 12.1 Å². The van der Waals surface area contributed by atoms with Gasteiger partial charge in [-0.15, -0.1) is 0 Å². The van der Waals surface area contributed by atoms with Crippen molar-refractivity contribution in [1.29, 1.82) is 0 Å². The average Bonchev–Trinajstić information content (AvgIpc) is 2.02. The van der Waals surface area contributed by atoms with Gasteiger partial charge in [-0.05, 0) is 0 Å². The molecule has 66 valence electrons. The van der Waals surface area contributed by atoms with Gasteiger partial charge in [0.25, 0.3) is 0 Å². The summed E-state index contributed by atoms with van der Waals surface area (Å²) in [6.07, 6.45) is 1.04. The van der Waals surface area contributed by atoms with Crippen LogP contribution in [0.1, 0.15) is 13.8 Å². The zero-order valence-electron chi connectivity index (χ0n) is 7.30. The summed E-state index contributed by atoms with van der Waals surface area (Å²) in [5.41, 5.74) is -0.190. The highest BCUT2D eigenvalue weighted by Gasteiger charge is 2.15. The molecule has 0 spiro atoms. The maximum Gasteiger partial charge on any atom is 0.223 e. The number of rotatable bonds is 4. The van der Waals surface area contributed by atoms with Gasteiger partial charge < -0.3 is 0 Å². The van der Waals surface area contributed by atoms with Crippen LogP contribution in [0.15, 0.2) is 29.9 Å². The molecule has 0 radical (unpaired) electrons. The third-order valence-corrected chi connectivity index (χ3v) is 1.28. The van der Waals surface area contributed by atoms with Crippen molar-refractivity contribution in [2.45, 2.75) is 13.8 Å². The quantitative estimate of drug-likeness (QED) is 0.469. The average molecular weight is 169 g/mol. The topological polar surface area (TPSA) is 29.4 Å². The summed E-state index contributed by atoms with van der Waals surface area (Å²) >= 11 is 0. The number of allylic oxidation sites excluding steroid dienone is 1. The fourth-order valence-electron chi connectivity index (χ4n) is 0.608. The number of carbonyl (C=O) groups is 1. The van der Waals surface area contributed by atoms with Crippen molar-refractivity contribution in [3.05, 3.63) is 24.9 Å². The van der Waals surface area contributed by atoms with Crippen LogP contribution in [0.2, 0.25) is 0 Å². The standard InChI is InChI=1S/C9H12FNO/c1-5-11-9(10)7(4)8(12)6(2)3/h5-6H,1,4H2,2-3H3/b11-9+. The van der Waals surface area contributed by atoms with Gasteiger partial charge in [0.05, 0.1) is 5.57 Å². The van der Waals surface area contributed by atoms with E-state index in [1.165, 1.54) is 0 Å². The Bertz CT molecular complexity index is 241. The predicted octanol–water partition coefficient (Wildman–Crippen LogP) is 2.28. The van der Waals surface area contributed by atoms with Crippen molar-refractivity contribution in [3.63, 3.8) is 0 Å². The van der Waals surface area contributed by atoms with Crippen molar-refractivity contribution in [1.82, 2.24) is 0 Å². The predicted molar refractivity (Wildman–Crippen MR) is 47.7 cm³/mol. The van der Waals surface area contributed by atoms with Crippen LogP contribution in [0, 0.1) is 5.92 Å². The Morgan fingerprint density at radius 3 is 2.42 bits per heavy atom. The maximum atomic E-state index is 12.8. The molecule has 0 aliphatic rings. The monoisotopic (exact) mass is 169 g/mol. The van der Waals surface area contributed by atoms with E-state index in [0.717, 1.165) is 6.20 Å². The summed E-state index contributed by atoms with van der Waals surface area (Å²) < 4.78 is 12.8. The number of nitrogens with zero attached hydrogens (tertiary/aromatic N) is 1. The van der Waals surface area contributed by atoms with Crippen molar-refractivity contribution in [3.8, 4) is 0 Å². The van der Waals surface area contributed by atoms with Crippen molar-refractivity contribution < 1.29 is 9.18 Å². The molecule has 0 aromatic heterocycles. The minimum absolute atomic E-state index is 0.190. The molecule has 0 aromatic rings. The van der Waals surface area contributed by atoms with E-state index in [1.54, 1.807) is 13.8 Å². The fourth-order valence-corrected chi connectivity index (χ4v) is 0.608. The summed E-state index contributed by atoms with van der Waals surface area (Å²) in [6, 6.07) is 0. The Hall–Kier alpha value is -1.25. The minimum atomic E-state index is -0.858. The molecular formula is C9H12FNO. The highest BCUT2D eigenvalue weighted by Crippen LogP contribution is 2.06. The highest BCUT2D eigenvalue weighted by atomic mass is 19.1. The minimum Gasteiger partial charge on any atom is -0.294 e. The van der Waals surface area contributed by atoms with E-state index in [1.807, 2.05) is 0 Å². The van der Waals surface area contributed by atoms with E-state index >= 15 is 0 Å². The highest BCUT2D eigenvalue weighted by molar-refractivity contribution is 6.19. The zero-order valence-corrected chi connectivity index (χ0v) is 7.30. The summed E-state index contributed by atoms with van der Waals surface area (Å²) in [5.74, 6) is -1.45. The van der Waals surface area contributed by atoms with E-state index in [-0.39, 0.29) is 17.3 Å². The van der Waals surface area contributed by atoms with Gasteiger partial charge >= 0.3 is 0 Å². The SMILES string of the molecule is C=C/N=C(/F)C(=C)C(=O)C(C)C. The molecule has 0 amide bonds. The molecule has 0 aliphatic carbocycles. The van der Waals surface area contributed by atoms with Crippen LogP contribution in [0.25, 0.3) is 0 Å². The molecule has 12 heavy (non-hydrogen) atoms. The van der Waals surface area contributed by atoms with Gasteiger partial charge in [0.15, 0.2) is 5.78 Å². The number of hydrogen-bond acceptors (Lipinski definition) is 2. The van der Waals surface area contributed by atoms with Crippen LogP contribution in [0.3, 0.4) is 0 Å². The van der Waals surface area contributed by atoms with Gasteiger partial charge in [-0.25, -0.2) is 4.99 Å². The number of ketones is 1. The first-order valence-corrected chi connectivity index (χ1v) is 3.58. The molecule has 0 saturated carbocycles. The molecule has 3 heteroatoms. The molecule has 0 atom stereocenters. The van der Waals surface area contributed by atoms with Crippen LogP contribution in [-0.4, -0.2) is 11.7 Å². The Morgan fingerprint density at radius 1 is 1.58 bits per heavy atom. The van der Waals surface area contributed by atoms with Crippen LogP contribution in [-0.2, 0) is 4.79 Å². The van der Waals surface area contributed by atoms with E-state index in [0.29, 0.717) is 0 Å². The Balaban J connectivity index is 4.51. The molecule has 2 nitrogen and oxygen atoms in total. The van der Waals surface area contributed by atoms with E-state index < -0.39 is 5.97 Å². The summed E-state index contributed by atoms with van der Waals surface area (Å²) in [6.45, 7) is 9.85. The van der Waals surface area contributed by atoms with Gasteiger partial charge in [-0.1, -0.05) is 27.0 Å². The maximum absolute atomic E-state index is 12.8. The van der Waals surface area contributed by atoms with Crippen molar-refractivity contribution in [2.75, 3.05) is 0 Å². The van der Waals surface area contributed by atoms with E-state index in [9.17, 15) is 9.18 Å². The van der Waals surface area contributed by atoms with Gasteiger partial charge in [0.2, 0.25) is 5.97 Å². The van der Waals surface area contributed by atoms with Crippen LogP contribution in [0.4, 0.5) is 4.39 Å². The second kappa shape index (κ2) is 4.59. The lowest BCUT2D eigenvalue weighted by molar-refractivity contribution is -0.117.